The Morgan fingerprint density at radius 1 is 1.13 bits per heavy atom. The Kier molecular flexibility index (Phi) is 9.89. The highest BCUT2D eigenvalue weighted by Crippen LogP contribution is 2.20. The van der Waals surface area contributed by atoms with E-state index in [-0.39, 0.29) is 24.3 Å². The molecule has 0 radical (unpaired) electrons. The zero-order valence-electron chi connectivity index (χ0n) is 22.5. The smallest absolute Gasteiger partial charge is 0.338 e. The van der Waals surface area contributed by atoms with Gasteiger partial charge in [0.15, 0.2) is 0 Å². The topological polar surface area (TPSA) is 115 Å². The van der Waals surface area contributed by atoms with Crippen LogP contribution in [0.1, 0.15) is 69.2 Å². The molecule has 206 valence electrons. The van der Waals surface area contributed by atoms with Crippen molar-refractivity contribution >= 4 is 17.8 Å². The van der Waals surface area contributed by atoms with Crippen LogP contribution in [0.2, 0.25) is 0 Å². The number of rotatable bonds is 7. The lowest BCUT2D eigenvalue weighted by molar-refractivity contribution is 0.0435. The van der Waals surface area contributed by atoms with Crippen molar-refractivity contribution in [2.45, 2.75) is 46.1 Å². The molecule has 3 heterocycles. The molecule has 10 nitrogen and oxygen atoms in total. The van der Waals surface area contributed by atoms with Gasteiger partial charge in [0.25, 0.3) is 11.8 Å². The second-order valence-corrected chi connectivity index (χ2v) is 9.96. The molecule has 0 spiro atoms. The van der Waals surface area contributed by atoms with E-state index in [1.54, 1.807) is 29.2 Å². The quantitative estimate of drug-likeness (QED) is 0.532. The number of hydrogen-bond donors (Lipinski definition) is 2. The Bertz CT molecular complexity index is 1120. The van der Waals surface area contributed by atoms with Crippen LogP contribution in [0, 0.1) is 5.92 Å². The fraction of sp³-hybridized carbons (Fsp3) is 0.571. The summed E-state index contributed by atoms with van der Waals surface area (Å²) < 4.78 is 13.2. The maximum Gasteiger partial charge on any atom is 0.338 e. The summed E-state index contributed by atoms with van der Waals surface area (Å²) in [6.45, 7) is 9.39. The lowest BCUT2D eigenvalue weighted by atomic mass is 10.1. The molecule has 1 aromatic carbocycles. The molecule has 1 atom stereocenters. The summed E-state index contributed by atoms with van der Waals surface area (Å²) in [6.07, 6.45) is 2.94. The Morgan fingerprint density at radius 3 is 2.68 bits per heavy atom. The summed E-state index contributed by atoms with van der Waals surface area (Å²) >= 11 is 0. The van der Waals surface area contributed by atoms with E-state index in [1.807, 2.05) is 18.5 Å². The van der Waals surface area contributed by atoms with Crippen molar-refractivity contribution in [1.82, 2.24) is 25.3 Å². The number of fused-ring (bicyclic) bond motifs is 1. The van der Waals surface area contributed by atoms with E-state index < -0.39 is 5.97 Å². The second kappa shape index (κ2) is 13.5. The van der Waals surface area contributed by atoms with Crippen LogP contribution in [0.15, 0.2) is 24.3 Å². The van der Waals surface area contributed by atoms with E-state index in [9.17, 15) is 14.4 Å². The largest absolute Gasteiger partial charge is 0.462 e. The highest BCUT2D eigenvalue weighted by atomic mass is 16.5. The Hall–Kier alpha value is -3.24. The molecule has 10 heteroatoms. The molecule has 0 unspecified atom stereocenters. The van der Waals surface area contributed by atoms with Gasteiger partial charge in [-0.2, -0.15) is 5.10 Å². The summed E-state index contributed by atoms with van der Waals surface area (Å²) in [5, 5.41) is 11.0. The predicted octanol–water partition coefficient (Wildman–Crippen LogP) is 2.07. The third-order valence-electron chi connectivity index (χ3n) is 6.88. The molecule has 38 heavy (non-hydrogen) atoms. The van der Waals surface area contributed by atoms with Crippen LogP contribution in [0.5, 0.6) is 0 Å². The molecule has 4 rings (SSSR count). The molecule has 2 amide bonds. The van der Waals surface area contributed by atoms with Crippen LogP contribution in [-0.2, 0) is 28.9 Å². The molecule has 1 fully saturated rings. The minimum atomic E-state index is -0.461. The maximum atomic E-state index is 13.0. The normalized spacial score (nSPS) is 17.6. The van der Waals surface area contributed by atoms with Gasteiger partial charge in [-0.05, 0) is 43.9 Å². The Labute approximate surface area is 224 Å². The average Bonchev–Trinajstić information content (AvgIpc) is 3.27. The summed E-state index contributed by atoms with van der Waals surface area (Å²) in [4.78, 5) is 40.4. The minimum absolute atomic E-state index is 0.0317. The molecule has 2 aliphatic rings. The third-order valence-corrected chi connectivity index (χ3v) is 6.88. The van der Waals surface area contributed by atoms with Crippen molar-refractivity contribution in [3.8, 4) is 0 Å². The number of piperazine rings is 1. The molecule has 0 saturated carbocycles. The van der Waals surface area contributed by atoms with Gasteiger partial charge in [0.05, 0.1) is 29.1 Å². The Morgan fingerprint density at radius 2 is 1.89 bits per heavy atom. The number of carbonyl (C=O) groups excluding carboxylic acids is 3. The summed E-state index contributed by atoms with van der Waals surface area (Å²) in [6, 6.07) is 6.72. The molecule has 0 aliphatic carbocycles. The zero-order chi connectivity index (χ0) is 26.9. The van der Waals surface area contributed by atoms with Crippen molar-refractivity contribution in [3.05, 3.63) is 52.3 Å². The van der Waals surface area contributed by atoms with Crippen LogP contribution in [0.4, 0.5) is 0 Å². The number of amides is 2. The SMILES string of the molecule is CCc1nn(C[C@@H](C)COC(=O)c2cccc(C(=O)N3CCNCC3)c2)c2c1C(=O)NCCCOCCC2. The van der Waals surface area contributed by atoms with Crippen molar-refractivity contribution in [2.75, 3.05) is 52.5 Å². The first-order valence-electron chi connectivity index (χ1n) is 13.7. The van der Waals surface area contributed by atoms with Gasteiger partial charge in [0.2, 0.25) is 0 Å². The van der Waals surface area contributed by atoms with Gasteiger partial charge >= 0.3 is 5.97 Å². The number of nitrogens with zero attached hydrogens (tertiary/aromatic N) is 3. The van der Waals surface area contributed by atoms with Crippen molar-refractivity contribution < 1.29 is 23.9 Å². The van der Waals surface area contributed by atoms with E-state index in [0.717, 1.165) is 37.3 Å². The van der Waals surface area contributed by atoms with E-state index in [4.69, 9.17) is 14.6 Å². The van der Waals surface area contributed by atoms with Crippen molar-refractivity contribution in [1.29, 1.82) is 0 Å². The van der Waals surface area contributed by atoms with E-state index in [0.29, 0.717) is 68.9 Å². The van der Waals surface area contributed by atoms with Crippen LogP contribution in [0.3, 0.4) is 0 Å². The fourth-order valence-corrected chi connectivity index (χ4v) is 4.85. The molecule has 0 bridgehead atoms. The first kappa shape index (κ1) is 27.8. The molecular formula is C28H39N5O5. The van der Waals surface area contributed by atoms with Crippen LogP contribution < -0.4 is 10.6 Å². The lowest BCUT2D eigenvalue weighted by Crippen LogP contribution is -2.46. The van der Waals surface area contributed by atoms with Crippen molar-refractivity contribution in [3.63, 3.8) is 0 Å². The van der Waals surface area contributed by atoms with Gasteiger partial charge < -0.3 is 25.0 Å². The predicted molar refractivity (Wildman–Crippen MR) is 142 cm³/mol. The molecule has 2 aromatic rings. The monoisotopic (exact) mass is 525 g/mol. The second-order valence-electron chi connectivity index (χ2n) is 9.96. The molecule has 1 saturated heterocycles. The number of ether oxygens (including phenoxy) is 2. The number of esters is 1. The average molecular weight is 526 g/mol. The number of nitrogens with one attached hydrogen (secondary N) is 2. The molecule has 2 N–H and O–H groups in total. The highest BCUT2D eigenvalue weighted by Gasteiger charge is 2.24. The van der Waals surface area contributed by atoms with Crippen molar-refractivity contribution in [2.24, 2.45) is 5.92 Å². The van der Waals surface area contributed by atoms with E-state index in [1.165, 1.54) is 0 Å². The third kappa shape index (κ3) is 6.99. The number of benzene rings is 1. The number of aryl methyl sites for hydroxylation is 1. The van der Waals surface area contributed by atoms with Gasteiger partial charge in [-0.3, -0.25) is 14.3 Å². The van der Waals surface area contributed by atoms with Gasteiger partial charge in [0.1, 0.15) is 0 Å². The maximum absolute atomic E-state index is 13.0. The molecule has 1 aromatic heterocycles. The van der Waals surface area contributed by atoms with Gasteiger partial charge in [-0.15, -0.1) is 0 Å². The summed E-state index contributed by atoms with van der Waals surface area (Å²) in [7, 11) is 0. The zero-order valence-corrected chi connectivity index (χ0v) is 22.5. The number of hydrogen-bond acceptors (Lipinski definition) is 7. The van der Waals surface area contributed by atoms with E-state index >= 15 is 0 Å². The first-order chi connectivity index (χ1) is 18.5. The fourth-order valence-electron chi connectivity index (χ4n) is 4.85. The number of carbonyl (C=O) groups is 3. The van der Waals surface area contributed by atoms with Gasteiger partial charge in [0, 0.05) is 64.0 Å². The van der Waals surface area contributed by atoms with E-state index in [2.05, 4.69) is 10.6 Å². The van der Waals surface area contributed by atoms with Crippen LogP contribution in [-0.4, -0.2) is 85.0 Å². The first-order valence-corrected chi connectivity index (χ1v) is 13.7. The van der Waals surface area contributed by atoms with Gasteiger partial charge in [-0.25, -0.2) is 4.79 Å². The van der Waals surface area contributed by atoms with Gasteiger partial charge in [-0.1, -0.05) is 19.9 Å². The molecular weight excluding hydrogens is 486 g/mol. The lowest BCUT2D eigenvalue weighted by Gasteiger charge is -2.27. The van der Waals surface area contributed by atoms with Crippen LogP contribution >= 0.6 is 0 Å². The number of aromatic nitrogens is 2. The minimum Gasteiger partial charge on any atom is -0.462 e. The molecule has 2 aliphatic heterocycles. The highest BCUT2D eigenvalue weighted by molar-refractivity contribution is 5.98. The standard InChI is InChI=1S/C28H39N5O5/c1-3-23-25-24(9-5-15-37-16-6-10-30-26(25)34)33(31-23)18-20(2)19-38-28(36)22-8-4-7-21(17-22)27(35)32-13-11-29-12-14-32/h4,7-8,17,20,29H,3,5-6,9-16,18-19H2,1-2H3,(H,30,34)/t20-/m1/s1. The van der Waals surface area contributed by atoms with Crippen LogP contribution in [0.25, 0.3) is 0 Å². The summed E-state index contributed by atoms with van der Waals surface area (Å²) in [5.41, 5.74) is 3.21. The Balaban J connectivity index is 1.40. The summed E-state index contributed by atoms with van der Waals surface area (Å²) in [5.74, 6) is -0.652.